The molecule has 0 aliphatic carbocycles. The number of hydrogen-bond acceptors (Lipinski definition) is 1. The zero-order valence-corrected chi connectivity index (χ0v) is 7.52. The molecule has 0 rings (SSSR count). The first-order chi connectivity index (χ1) is 5.17. The molecule has 0 amide bonds. The Morgan fingerprint density at radius 1 is 1.55 bits per heavy atom. The molecular weight excluding hydrogens is 136 g/mol. The van der Waals surface area contributed by atoms with Gasteiger partial charge in [-0.2, -0.15) is 0 Å². The minimum Gasteiger partial charge on any atom is -0.508 e. The van der Waals surface area contributed by atoms with Crippen molar-refractivity contribution >= 4 is 0 Å². The number of aliphatic hydroxyl groups is 1. The predicted octanol–water partition coefficient (Wildman–Crippen LogP) is 3.36. The summed E-state index contributed by atoms with van der Waals surface area (Å²) in [5.41, 5.74) is 2.09. The van der Waals surface area contributed by atoms with Crippen LogP contribution in [0.5, 0.6) is 0 Å². The Labute approximate surface area is 68.7 Å². The lowest BCUT2D eigenvalue weighted by molar-refractivity contribution is 0.425. The second kappa shape index (κ2) is 4.78. The molecule has 0 heterocycles. The summed E-state index contributed by atoms with van der Waals surface area (Å²) < 4.78 is 0. The van der Waals surface area contributed by atoms with Crippen molar-refractivity contribution in [1.29, 1.82) is 0 Å². The summed E-state index contributed by atoms with van der Waals surface area (Å²) >= 11 is 0. The van der Waals surface area contributed by atoms with Crippen molar-refractivity contribution in [3.8, 4) is 0 Å². The molecule has 1 nitrogen and oxygen atoms in total. The lowest BCUT2D eigenvalue weighted by atomic mass is 10.0. The second-order valence-corrected chi connectivity index (χ2v) is 2.39. The third kappa shape index (κ3) is 2.62. The van der Waals surface area contributed by atoms with E-state index in [0.29, 0.717) is 5.76 Å². The van der Waals surface area contributed by atoms with E-state index in [9.17, 15) is 5.11 Å². The molecule has 11 heavy (non-hydrogen) atoms. The molecule has 0 bridgehead atoms. The third-order valence-electron chi connectivity index (χ3n) is 1.77. The molecule has 1 N–H and O–H groups in total. The predicted molar refractivity (Wildman–Crippen MR) is 49.6 cm³/mol. The summed E-state index contributed by atoms with van der Waals surface area (Å²) in [5.74, 6) is 0.295. The number of allylic oxidation sites excluding steroid dienone is 4. The summed E-state index contributed by atoms with van der Waals surface area (Å²) in [4.78, 5) is 0. The smallest absolute Gasteiger partial charge is 0.118 e. The van der Waals surface area contributed by atoms with E-state index in [0.717, 1.165) is 17.6 Å². The topological polar surface area (TPSA) is 20.2 Å². The second-order valence-electron chi connectivity index (χ2n) is 2.39. The van der Waals surface area contributed by atoms with Crippen LogP contribution in [0.15, 0.2) is 35.6 Å². The van der Waals surface area contributed by atoms with Crippen LogP contribution in [-0.4, -0.2) is 5.11 Å². The van der Waals surface area contributed by atoms with Crippen LogP contribution in [0.2, 0.25) is 0 Å². The van der Waals surface area contributed by atoms with Crippen LogP contribution in [0, 0.1) is 0 Å². The molecule has 0 aliphatic heterocycles. The molecule has 0 unspecified atom stereocenters. The molecule has 1 heteroatoms. The average molecular weight is 152 g/mol. The van der Waals surface area contributed by atoms with Crippen LogP contribution >= 0.6 is 0 Å². The van der Waals surface area contributed by atoms with Crippen LogP contribution in [0.3, 0.4) is 0 Å². The van der Waals surface area contributed by atoms with Gasteiger partial charge in [-0.05, 0) is 37.5 Å². The Kier molecular flexibility index (Phi) is 4.35. The van der Waals surface area contributed by atoms with Gasteiger partial charge in [-0.25, -0.2) is 0 Å². The highest BCUT2D eigenvalue weighted by Crippen LogP contribution is 2.16. The Hall–Kier alpha value is -0.980. The molecule has 0 aromatic carbocycles. The molecule has 62 valence electrons. The van der Waals surface area contributed by atoms with Gasteiger partial charge in [0, 0.05) is 0 Å². The van der Waals surface area contributed by atoms with Crippen LogP contribution in [0.25, 0.3) is 0 Å². The molecule has 0 saturated heterocycles. The van der Waals surface area contributed by atoms with Gasteiger partial charge in [0.05, 0.1) is 0 Å². The summed E-state index contributed by atoms with van der Waals surface area (Å²) in [6.45, 7) is 9.47. The molecule has 0 spiro atoms. The normalized spacial score (nSPS) is 14.3. The van der Waals surface area contributed by atoms with E-state index in [1.165, 1.54) is 6.08 Å². The first kappa shape index (κ1) is 10.0. The summed E-state index contributed by atoms with van der Waals surface area (Å²) in [7, 11) is 0. The summed E-state index contributed by atoms with van der Waals surface area (Å²) in [6.07, 6.45) is 4.30. The first-order valence-corrected chi connectivity index (χ1v) is 3.85. The van der Waals surface area contributed by atoms with Crippen molar-refractivity contribution in [2.45, 2.75) is 27.2 Å². The van der Waals surface area contributed by atoms with Crippen LogP contribution in [0.4, 0.5) is 0 Å². The van der Waals surface area contributed by atoms with Crippen LogP contribution in [0.1, 0.15) is 27.2 Å². The SMILES string of the molecule is C=C/C(O)=C(CC)\C(C)=C/C. The number of hydrogen-bond donors (Lipinski definition) is 1. The maximum absolute atomic E-state index is 9.34. The van der Waals surface area contributed by atoms with Crippen molar-refractivity contribution in [2.24, 2.45) is 0 Å². The third-order valence-corrected chi connectivity index (χ3v) is 1.77. The van der Waals surface area contributed by atoms with Gasteiger partial charge in [0.1, 0.15) is 5.76 Å². The van der Waals surface area contributed by atoms with E-state index in [1.54, 1.807) is 0 Å². The summed E-state index contributed by atoms with van der Waals surface area (Å²) in [5, 5.41) is 9.34. The monoisotopic (exact) mass is 152 g/mol. The van der Waals surface area contributed by atoms with Gasteiger partial charge in [-0.15, -0.1) is 0 Å². The van der Waals surface area contributed by atoms with Gasteiger partial charge in [0.25, 0.3) is 0 Å². The Bertz CT molecular complexity index is 197. The molecule has 0 aromatic rings. The number of rotatable bonds is 3. The van der Waals surface area contributed by atoms with Gasteiger partial charge in [-0.1, -0.05) is 19.6 Å². The Balaban J connectivity index is 4.79. The van der Waals surface area contributed by atoms with Crippen molar-refractivity contribution in [3.05, 3.63) is 35.6 Å². The lowest BCUT2D eigenvalue weighted by Gasteiger charge is -2.05. The highest BCUT2D eigenvalue weighted by molar-refractivity contribution is 5.34. The van der Waals surface area contributed by atoms with Crippen molar-refractivity contribution in [2.75, 3.05) is 0 Å². The standard InChI is InChI=1S/C10H16O/c1-5-8(4)9(6-2)10(11)7-3/h5,7,11H,3,6H2,1-2,4H3/b8-5-,10-9+. The molecular formula is C10H16O. The van der Waals surface area contributed by atoms with Crippen molar-refractivity contribution < 1.29 is 5.11 Å². The molecule has 0 fully saturated rings. The van der Waals surface area contributed by atoms with E-state index >= 15 is 0 Å². The maximum Gasteiger partial charge on any atom is 0.118 e. The van der Waals surface area contributed by atoms with E-state index in [1.807, 2.05) is 26.8 Å². The molecule has 0 aliphatic rings. The quantitative estimate of drug-likeness (QED) is 0.485. The van der Waals surface area contributed by atoms with E-state index < -0.39 is 0 Å². The minimum atomic E-state index is 0.295. The number of aliphatic hydroxyl groups excluding tert-OH is 1. The highest BCUT2D eigenvalue weighted by atomic mass is 16.3. The van der Waals surface area contributed by atoms with E-state index in [4.69, 9.17) is 0 Å². The lowest BCUT2D eigenvalue weighted by Crippen LogP contribution is -1.89. The van der Waals surface area contributed by atoms with Crippen LogP contribution in [-0.2, 0) is 0 Å². The van der Waals surface area contributed by atoms with Crippen molar-refractivity contribution in [3.63, 3.8) is 0 Å². The largest absolute Gasteiger partial charge is 0.508 e. The van der Waals surface area contributed by atoms with Gasteiger partial charge in [0.2, 0.25) is 0 Å². The molecule has 0 atom stereocenters. The van der Waals surface area contributed by atoms with Gasteiger partial charge in [-0.3, -0.25) is 0 Å². The Morgan fingerprint density at radius 2 is 2.09 bits per heavy atom. The highest BCUT2D eigenvalue weighted by Gasteiger charge is 2.00. The maximum atomic E-state index is 9.34. The van der Waals surface area contributed by atoms with E-state index in [2.05, 4.69) is 6.58 Å². The fourth-order valence-electron chi connectivity index (χ4n) is 0.959. The fraction of sp³-hybridized carbons (Fsp3) is 0.400. The van der Waals surface area contributed by atoms with Crippen molar-refractivity contribution in [1.82, 2.24) is 0 Å². The van der Waals surface area contributed by atoms with Crippen LogP contribution < -0.4 is 0 Å². The van der Waals surface area contributed by atoms with Gasteiger partial charge >= 0.3 is 0 Å². The zero-order valence-electron chi connectivity index (χ0n) is 7.52. The summed E-state index contributed by atoms with van der Waals surface area (Å²) in [6, 6.07) is 0. The first-order valence-electron chi connectivity index (χ1n) is 3.85. The molecule has 0 radical (unpaired) electrons. The van der Waals surface area contributed by atoms with Gasteiger partial charge < -0.3 is 5.11 Å². The van der Waals surface area contributed by atoms with E-state index in [-0.39, 0.29) is 0 Å². The Morgan fingerprint density at radius 3 is 2.36 bits per heavy atom. The zero-order chi connectivity index (χ0) is 8.85. The van der Waals surface area contributed by atoms with Gasteiger partial charge in [0.15, 0.2) is 0 Å². The minimum absolute atomic E-state index is 0.295. The average Bonchev–Trinajstić information content (AvgIpc) is 2.05. The molecule has 0 aromatic heterocycles. The molecule has 0 saturated carbocycles. The fourth-order valence-corrected chi connectivity index (χ4v) is 0.959.